The summed E-state index contributed by atoms with van der Waals surface area (Å²) in [5.74, 6) is 1.50. The van der Waals surface area contributed by atoms with Crippen molar-refractivity contribution < 1.29 is 0 Å². The zero-order valence-electron chi connectivity index (χ0n) is 9.41. The molecular formula is C13H16N2. The van der Waals surface area contributed by atoms with Crippen LogP contribution in [0.25, 0.3) is 11.3 Å². The van der Waals surface area contributed by atoms with Gasteiger partial charge < -0.3 is 4.98 Å². The number of hydrogen-bond acceptors (Lipinski definition) is 1. The Morgan fingerprint density at radius 3 is 2.53 bits per heavy atom. The highest BCUT2D eigenvalue weighted by Gasteiger charge is 2.07. The minimum absolute atomic E-state index is 0.447. The highest BCUT2D eigenvalue weighted by atomic mass is 14.9. The zero-order chi connectivity index (χ0) is 10.8. The molecule has 1 heterocycles. The van der Waals surface area contributed by atoms with E-state index in [1.54, 1.807) is 0 Å². The maximum Gasteiger partial charge on any atom is 0.109 e. The summed E-state index contributed by atoms with van der Waals surface area (Å²) >= 11 is 0. The smallest absolute Gasteiger partial charge is 0.109 e. The highest BCUT2D eigenvalue weighted by molar-refractivity contribution is 5.62. The third-order valence-corrected chi connectivity index (χ3v) is 2.57. The SMILES string of the molecule is Cc1ccccc1-c1c[nH]c(C(C)C)n1. The van der Waals surface area contributed by atoms with Crippen LogP contribution >= 0.6 is 0 Å². The molecule has 2 heteroatoms. The second-order valence-electron chi connectivity index (χ2n) is 4.14. The first-order chi connectivity index (χ1) is 7.18. The van der Waals surface area contributed by atoms with Gasteiger partial charge in [0.05, 0.1) is 5.69 Å². The van der Waals surface area contributed by atoms with E-state index in [0.717, 1.165) is 11.5 Å². The average Bonchev–Trinajstić information content (AvgIpc) is 2.67. The van der Waals surface area contributed by atoms with E-state index in [1.165, 1.54) is 11.1 Å². The van der Waals surface area contributed by atoms with Gasteiger partial charge in [-0.1, -0.05) is 38.1 Å². The van der Waals surface area contributed by atoms with Crippen LogP contribution in [0.4, 0.5) is 0 Å². The lowest BCUT2D eigenvalue weighted by atomic mass is 10.1. The van der Waals surface area contributed by atoms with Crippen LogP contribution in [-0.2, 0) is 0 Å². The van der Waals surface area contributed by atoms with Crippen LogP contribution < -0.4 is 0 Å². The van der Waals surface area contributed by atoms with E-state index in [9.17, 15) is 0 Å². The van der Waals surface area contributed by atoms with Crippen molar-refractivity contribution in [2.45, 2.75) is 26.7 Å². The second kappa shape index (κ2) is 3.89. The second-order valence-corrected chi connectivity index (χ2v) is 4.14. The fourth-order valence-corrected chi connectivity index (χ4v) is 1.63. The van der Waals surface area contributed by atoms with Crippen LogP contribution in [0.1, 0.15) is 31.2 Å². The predicted molar refractivity (Wildman–Crippen MR) is 62.8 cm³/mol. The standard InChI is InChI=1S/C13H16N2/c1-9(2)13-14-8-12(15-13)11-7-5-4-6-10(11)3/h4-9H,1-3H3,(H,14,15). The summed E-state index contributed by atoms with van der Waals surface area (Å²) in [6.07, 6.45) is 1.98. The van der Waals surface area contributed by atoms with Gasteiger partial charge in [0.25, 0.3) is 0 Å². The van der Waals surface area contributed by atoms with Gasteiger partial charge in [0.2, 0.25) is 0 Å². The molecule has 0 radical (unpaired) electrons. The number of aromatic amines is 1. The number of H-pyrrole nitrogens is 1. The Balaban J connectivity index is 2.42. The zero-order valence-corrected chi connectivity index (χ0v) is 9.41. The quantitative estimate of drug-likeness (QED) is 0.789. The molecule has 0 amide bonds. The summed E-state index contributed by atoms with van der Waals surface area (Å²) in [5.41, 5.74) is 3.51. The lowest BCUT2D eigenvalue weighted by Crippen LogP contribution is -1.89. The van der Waals surface area contributed by atoms with E-state index >= 15 is 0 Å². The number of nitrogens with one attached hydrogen (secondary N) is 1. The molecule has 0 saturated heterocycles. The minimum Gasteiger partial charge on any atom is -0.348 e. The van der Waals surface area contributed by atoms with Crippen molar-refractivity contribution in [3.8, 4) is 11.3 Å². The van der Waals surface area contributed by atoms with Crippen LogP contribution in [0.5, 0.6) is 0 Å². The molecule has 0 saturated carbocycles. The molecule has 0 unspecified atom stereocenters. The van der Waals surface area contributed by atoms with E-state index in [2.05, 4.69) is 48.9 Å². The first-order valence-corrected chi connectivity index (χ1v) is 5.30. The van der Waals surface area contributed by atoms with E-state index in [4.69, 9.17) is 0 Å². The fourth-order valence-electron chi connectivity index (χ4n) is 1.63. The van der Waals surface area contributed by atoms with Gasteiger partial charge in [0, 0.05) is 17.7 Å². The van der Waals surface area contributed by atoms with E-state index in [1.807, 2.05) is 12.3 Å². The van der Waals surface area contributed by atoms with Crippen molar-refractivity contribution in [1.82, 2.24) is 9.97 Å². The first-order valence-electron chi connectivity index (χ1n) is 5.30. The molecule has 1 aromatic heterocycles. The van der Waals surface area contributed by atoms with Gasteiger partial charge in [-0.3, -0.25) is 0 Å². The number of benzene rings is 1. The van der Waals surface area contributed by atoms with Crippen LogP contribution in [0.15, 0.2) is 30.5 Å². The van der Waals surface area contributed by atoms with Gasteiger partial charge in [-0.25, -0.2) is 4.98 Å². The van der Waals surface area contributed by atoms with Crippen molar-refractivity contribution >= 4 is 0 Å². The first kappa shape index (κ1) is 9.97. The van der Waals surface area contributed by atoms with Crippen molar-refractivity contribution in [1.29, 1.82) is 0 Å². The maximum absolute atomic E-state index is 4.59. The van der Waals surface area contributed by atoms with Crippen molar-refractivity contribution in [3.63, 3.8) is 0 Å². The van der Waals surface area contributed by atoms with Crippen LogP contribution in [0, 0.1) is 6.92 Å². The third kappa shape index (κ3) is 1.94. The number of nitrogens with zero attached hydrogens (tertiary/aromatic N) is 1. The van der Waals surface area contributed by atoms with E-state index in [0.29, 0.717) is 5.92 Å². The van der Waals surface area contributed by atoms with E-state index < -0.39 is 0 Å². The minimum atomic E-state index is 0.447. The summed E-state index contributed by atoms with van der Waals surface area (Å²) in [4.78, 5) is 7.81. The van der Waals surface area contributed by atoms with Gasteiger partial charge in [-0.05, 0) is 12.5 Å². The van der Waals surface area contributed by atoms with Crippen molar-refractivity contribution in [3.05, 3.63) is 41.9 Å². The van der Waals surface area contributed by atoms with Gasteiger partial charge in [0.15, 0.2) is 0 Å². The molecule has 0 fully saturated rings. The Bertz CT molecular complexity index is 455. The molecule has 78 valence electrons. The molecule has 2 nitrogen and oxygen atoms in total. The van der Waals surface area contributed by atoms with Crippen LogP contribution in [0.2, 0.25) is 0 Å². The van der Waals surface area contributed by atoms with Crippen molar-refractivity contribution in [2.24, 2.45) is 0 Å². The summed E-state index contributed by atoms with van der Waals surface area (Å²) in [5, 5.41) is 0. The largest absolute Gasteiger partial charge is 0.348 e. The van der Waals surface area contributed by atoms with Crippen molar-refractivity contribution in [2.75, 3.05) is 0 Å². The Hall–Kier alpha value is -1.57. The van der Waals surface area contributed by atoms with Crippen LogP contribution in [0.3, 0.4) is 0 Å². The van der Waals surface area contributed by atoms with Crippen LogP contribution in [-0.4, -0.2) is 9.97 Å². The maximum atomic E-state index is 4.59. The number of aryl methyl sites for hydroxylation is 1. The highest BCUT2D eigenvalue weighted by Crippen LogP contribution is 2.22. The summed E-state index contributed by atoms with van der Waals surface area (Å²) in [7, 11) is 0. The molecule has 1 N–H and O–H groups in total. The summed E-state index contributed by atoms with van der Waals surface area (Å²) < 4.78 is 0. The molecule has 15 heavy (non-hydrogen) atoms. The third-order valence-electron chi connectivity index (χ3n) is 2.57. The Labute approximate surface area is 90.4 Å². The predicted octanol–water partition coefficient (Wildman–Crippen LogP) is 3.51. The normalized spacial score (nSPS) is 10.9. The Kier molecular flexibility index (Phi) is 2.58. The molecular weight excluding hydrogens is 184 g/mol. The molecule has 0 aliphatic heterocycles. The molecule has 1 aromatic carbocycles. The number of aromatic nitrogens is 2. The summed E-state index contributed by atoms with van der Waals surface area (Å²) in [6.45, 7) is 6.39. The molecule has 2 aromatic rings. The summed E-state index contributed by atoms with van der Waals surface area (Å²) in [6, 6.07) is 8.32. The van der Waals surface area contributed by atoms with Gasteiger partial charge in [-0.15, -0.1) is 0 Å². The molecule has 0 bridgehead atoms. The lowest BCUT2D eigenvalue weighted by Gasteiger charge is -2.01. The molecule has 0 spiro atoms. The van der Waals surface area contributed by atoms with Gasteiger partial charge >= 0.3 is 0 Å². The number of imidazole rings is 1. The molecule has 0 aliphatic rings. The van der Waals surface area contributed by atoms with E-state index in [-0.39, 0.29) is 0 Å². The fraction of sp³-hybridized carbons (Fsp3) is 0.308. The number of hydrogen-bond donors (Lipinski definition) is 1. The monoisotopic (exact) mass is 200 g/mol. The lowest BCUT2D eigenvalue weighted by molar-refractivity contribution is 0.795. The molecule has 0 atom stereocenters. The van der Waals surface area contributed by atoms with Gasteiger partial charge in [0.1, 0.15) is 5.82 Å². The molecule has 0 aliphatic carbocycles. The molecule has 2 rings (SSSR count). The van der Waals surface area contributed by atoms with Gasteiger partial charge in [-0.2, -0.15) is 0 Å². The average molecular weight is 200 g/mol. The Morgan fingerprint density at radius 2 is 1.93 bits per heavy atom. The number of rotatable bonds is 2. The topological polar surface area (TPSA) is 28.7 Å². The Morgan fingerprint density at radius 1 is 1.20 bits per heavy atom.